The Balaban J connectivity index is 1.59. The molecule has 2 aromatic carbocycles. The van der Waals surface area contributed by atoms with Crippen LogP contribution in [0.1, 0.15) is 43.9 Å². The number of thiazole rings is 1. The van der Waals surface area contributed by atoms with Gasteiger partial charge in [-0.05, 0) is 56.3 Å². The highest BCUT2D eigenvalue weighted by molar-refractivity contribution is 7.09. The molecule has 0 bridgehead atoms. The lowest BCUT2D eigenvalue weighted by atomic mass is 10.1. The smallest absolute Gasteiger partial charge is 0.338 e. The Morgan fingerprint density at radius 1 is 1.03 bits per heavy atom. The van der Waals surface area contributed by atoms with Gasteiger partial charge < -0.3 is 14.2 Å². The van der Waals surface area contributed by atoms with Gasteiger partial charge in [0.2, 0.25) is 0 Å². The lowest BCUT2D eigenvalue weighted by molar-refractivity contribution is 0.0470. The summed E-state index contributed by atoms with van der Waals surface area (Å²) in [5.74, 6) is 0.664. The van der Waals surface area contributed by atoms with Crippen molar-refractivity contribution in [1.82, 2.24) is 4.98 Å². The average Bonchev–Trinajstić information content (AvgIpc) is 3.15. The monoisotopic (exact) mass is 411 g/mol. The number of carbonyl (C=O) groups excluding carboxylic acids is 2. The summed E-state index contributed by atoms with van der Waals surface area (Å²) in [6.45, 7) is 3.81. The first kappa shape index (κ1) is 20.5. The standard InChI is InChI=1S/C22H21NO5S/c1-14(24)17-6-9-21(26-3)18(10-17)11-28-22(25)16-4-7-20(8-5-16)27-12-19-13-29-15(2)23-19/h4-10,13H,11-12H2,1-3H3. The molecule has 150 valence electrons. The number of nitrogens with zero attached hydrogens (tertiary/aromatic N) is 1. The number of hydrogen-bond acceptors (Lipinski definition) is 7. The van der Waals surface area contributed by atoms with Crippen LogP contribution in [0.15, 0.2) is 47.8 Å². The number of ketones is 1. The van der Waals surface area contributed by atoms with Crippen molar-refractivity contribution in [3.05, 3.63) is 75.2 Å². The van der Waals surface area contributed by atoms with Crippen molar-refractivity contribution in [3.63, 3.8) is 0 Å². The highest BCUT2D eigenvalue weighted by Gasteiger charge is 2.12. The van der Waals surface area contributed by atoms with Crippen molar-refractivity contribution < 1.29 is 23.8 Å². The van der Waals surface area contributed by atoms with E-state index in [0.717, 1.165) is 10.7 Å². The van der Waals surface area contributed by atoms with E-state index in [1.54, 1.807) is 53.8 Å². The second-order valence-corrected chi connectivity index (χ2v) is 7.39. The first-order chi connectivity index (χ1) is 14.0. The van der Waals surface area contributed by atoms with Crippen molar-refractivity contribution >= 4 is 23.1 Å². The van der Waals surface area contributed by atoms with Gasteiger partial charge in [0.25, 0.3) is 0 Å². The molecule has 0 radical (unpaired) electrons. The molecule has 7 heteroatoms. The molecular weight excluding hydrogens is 390 g/mol. The Labute approximate surface area is 173 Å². The van der Waals surface area contributed by atoms with E-state index in [-0.39, 0.29) is 12.4 Å². The van der Waals surface area contributed by atoms with E-state index in [2.05, 4.69) is 4.98 Å². The number of aryl methyl sites for hydroxylation is 1. The molecule has 6 nitrogen and oxygen atoms in total. The molecule has 0 aliphatic rings. The van der Waals surface area contributed by atoms with Gasteiger partial charge in [-0.3, -0.25) is 4.79 Å². The third-order valence-electron chi connectivity index (χ3n) is 4.19. The molecule has 0 unspecified atom stereocenters. The zero-order chi connectivity index (χ0) is 20.8. The van der Waals surface area contributed by atoms with Gasteiger partial charge in [-0.15, -0.1) is 11.3 Å². The third-order valence-corrected chi connectivity index (χ3v) is 5.01. The number of aromatic nitrogens is 1. The summed E-state index contributed by atoms with van der Waals surface area (Å²) in [5, 5.41) is 2.95. The predicted octanol–water partition coefficient (Wildman–Crippen LogP) is 4.60. The number of benzene rings is 2. The Hall–Kier alpha value is -3.19. The van der Waals surface area contributed by atoms with Crippen molar-refractivity contribution in [1.29, 1.82) is 0 Å². The lowest BCUT2D eigenvalue weighted by Gasteiger charge is -2.11. The fourth-order valence-electron chi connectivity index (χ4n) is 2.66. The van der Waals surface area contributed by atoms with Crippen LogP contribution in [-0.4, -0.2) is 23.8 Å². The van der Waals surface area contributed by atoms with Gasteiger partial charge in [0.1, 0.15) is 24.7 Å². The van der Waals surface area contributed by atoms with Gasteiger partial charge >= 0.3 is 5.97 Å². The van der Waals surface area contributed by atoms with Crippen LogP contribution in [0.2, 0.25) is 0 Å². The molecule has 29 heavy (non-hydrogen) atoms. The molecule has 0 spiro atoms. The summed E-state index contributed by atoms with van der Waals surface area (Å²) in [7, 11) is 1.53. The number of esters is 1. The first-order valence-corrected chi connectivity index (χ1v) is 9.83. The minimum Gasteiger partial charge on any atom is -0.496 e. The van der Waals surface area contributed by atoms with Crippen LogP contribution in [0.4, 0.5) is 0 Å². The van der Waals surface area contributed by atoms with E-state index in [9.17, 15) is 9.59 Å². The maximum absolute atomic E-state index is 12.4. The van der Waals surface area contributed by atoms with Gasteiger partial charge in [-0.25, -0.2) is 9.78 Å². The van der Waals surface area contributed by atoms with E-state index in [4.69, 9.17) is 14.2 Å². The number of ether oxygens (including phenoxy) is 3. The normalized spacial score (nSPS) is 10.4. The number of rotatable bonds is 8. The summed E-state index contributed by atoms with van der Waals surface area (Å²) in [6.07, 6.45) is 0. The maximum atomic E-state index is 12.4. The van der Waals surface area contributed by atoms with Crippen molar-refractivity contribution in [2.75, 3.05) is 7.11 Å². The van der Waals surface area contributed by atoms with Gasteiger partial charge in [0.15, 0.2) is 5.78 Å². The number of methoxy groups -OCH3 is 1. The molecule has 0 amide bonds. The van der Waals surface area contributed by atoms with Crippen LogP contribution in [0.25, 0.3) is 0 Å². The van der Waals surface area contributed by atoms with Gasteiger partial charge in [0, 0.05) is 16.5 Å². The molecule has 0 N–H and O–H groups in total. The summed E-state index contributed by atoms with van der Waals surface area (Å²) < 4.78 is 16.3. The molecule has 0 atom stereocenters. The van der Waals surface area contributed by atoms with Crippen LogP contribution in [0.3, 0.4) is 0 Å². The van der Waals surface area contributed by atoms with E-state index in [1.165, 1.54) is 14.0 Å². The number of Topliss-reactive ketones (excluding diaryl/α,β-unsaturated/α-hetero) is 1. The molecule has 0 saturated heterocycles. The van der Waals surface area contributed by atoms with Gasteiger partial charge in [0.05, 0.1) is 23.4 Å². The minimum absolute atomic E-state index is 0.00452. The SMILES string of the molecule is COc1ccc(C(C)=O)cc1COC(=O)c1ccc(OCc2csc(C)n2)cc1. The molecule has 1 aromatic heterocycles. The summed E-state index contributed by atoms with van der Waals surface area (Å²) in [4.78, 5) is 28.3. The second-order valence-electron chi connectivity index (χ2n) is 6.33. The van der Waals surface area contributed by atoms with Crippen molar-refractivity contribution in [2.45, 2.75) is 27.1 Å². The Morgan fingerprint density at radius 3 is 2.38 bits per heavy atom. The minimum atomic E-state index is -0.470. The quantitative estimate of drug-likeness (QED) is 0.398. The van der Waals surface area contributed by atoms with Crippen molar-refractivity contribution in [3.8, 4) is 11.5 Å². The summed E-state index contributed by atoms with van der Waals surface area (Å²) in [6, 6.07) is 11.8. The largest absolute Gasteiger partial charge is 0.496 e. The zero-order valence-corrected chi connectivity index (χ0v) is 17.2. The second kappa shape index (κ2) is 9.34. The maximum Gasteiger partial charge on any atom is 0.338 e. The molecule has 0 saturated carbocycles. The lowest BCUT2D eigenvalue weighted by Crippen LogP contribution is -2.07. The zero-order valence-electron chi connectivity index (χ0n) is 16.4. The predicted molar refractivity (Wildman–Crippen MR) is 110 cm³/mol. The highest BCUT2D eigenvalue weighted by Crippen LogP contribution is 2.22. The fraction of sp³-hybridized carbons (Fsp3) is 0.227. The van der Waals surface area contributed by atoms with Crippen molar-refractivity contribution in [2.24, 2.45) is 0 Å². The summed E-state index contributed by atoms with van der Waals surface area (Å²) in [5.41, 5.74) is 2.45. The Morgan fingerprint density at radius 2 is 1.76 bits per heavy atom. The Kier molecular flexibility index (Phi) is 6.61. The molecule has 1 heterocycles. The fourth-order valence-corrected chi connectivity index (χ4v) is 3.25. The molecule has 3 rings (SSSR count). The number of hydrogen-bond donors (Lipinski definition) is 0. The van der Waals surface area contributed by atoms with Gasteiger partial charge in [-0.2, -0.15) is 0 Å². The Bertz CT molecular complexity index is 1010. The van der Waals surface area contributed by atoms with E-state index < -0.39 is 5.97 Å². The average molecular weight is 411 g/mol. The van der Waals surface area contributed by atoms with Crippen LogP contribution in [0, 0.1) is 6.92 Å². The van der Waals surface area contributed by atoms with Crippen LogP contribution < -0.4 is 9.47 Å². The van der Waals surface area contributed by atoms with Crippen LogP contribution >= 0.6 is 11.3 Å². The summed E-state index contributed by atoms with van der Waals surface area (Å²) >= 11 is 1.57. The molecule has 3 aromatic rings. The number of carbonyl (C=O) groups is 2. The molecular formula is C22H21NO5S. The van der Waals surface area contributed by atoms with E-state index in [1.807, 2.05) is 12.3 Å². The van der Waals surface area contributed by atoms with Crippen LogP contribution in [-0.2, 0) is 18.0 Å². The molecule has 0 aliphatic carbocycles. The topological polar surface area (TPSA) is 74.7 Å². The van der Waals surface area contributed by atoms with E-state index >= 15 is 0 Å². The first-order valence-electron chi connectivity index (χ1n) is 8.95. The molecule has 0 fully saturated rings. The van der Waals surface area contributed by atoms with Gasteiger partial charge in [-0.1, -0.05) is 0 Å². The highest BCUT2D eigenvalue weighted by atomic mass is 32.1. The third kappa shape index (κ3) is 5.42. The van der Waals surface area contributed by atoms with E-state index in [0.29, 0.717) is 34.8 Å². The van der Waals surface area contributed by atoms with Crippen LogP contribution in [0.5, 0.6) is 11.5 Å². The molecule has 0 aliphatic heterocycles.